The second-order valence-electron chi connectivity index (χ2n) is 3.47. The topological polar surface area (TPSA) is 83.5 Å². The van der Waals surface area contributed by atoms with Gasteiger partial charge in [0, 0.05) is 0 Å². The van der Waals surface area contributed by atoms with Crippen molar-refractivity contribution in [3.8, 4) is 0 Å². The van der Waals surface area contributed by atoms with Gasteiger partial charge in [-0.25, -0.2) is 0 Å². The summed E-state index contributed by atoms with van der Waals surface area (Å²) in [6.07, 6.45) is 1.04. The van der Waals surface area contributed by atoms with Crippen LogP contribution in [0.25, 0.3) is 0 Å². The quantitative estimate of drug-likeness (QED) is 0.512. The molecule has 82 valence electrons. The van der Waals surface area contributed by atoms with Crippen molar-refractivity contribution in [3.05, 3.63) is 12.7 Å². The third-order valence-corrected chi connectivity index (χ3v) is 3.46. The van der Waals surface area contributed by atoms with Gasteiger partial charge >= 0.3 is 0 Å². The Bertz CT molecular complexity index is 331. The number of ketones is 1. The van der Waals surface area contributed by atoms with Gasteiger partial charge in [0.25, 0.3) is 10.1 Å². The van der Waals surface area contributed by atoms with Crippen LogP contribution in [0.2, 0.25) is 0 Å². The molecular formula is C8H15NO4S. The van der Waals surface area contributed by atoms with Crippen LogP contribution in [0.5, 0.6) is 0 Å². The van der Waals surface area contributed by atoms with Crippen molar-refractivity contribution in [1.82, 2.24) is 5.32 Å². The number of nitrogens with one attached hydrogen (secondary N) is 1. The predicted molar refractivity (Wildman–Crippen MR) is 53.4 cm³/mol. The highest BCUT2D eigenvalue weighted by molar-refractivity contribution is 7.86. The molecule has 0 saturated heterocycles. The Morgan fingerprint density at radius 3 is 2.21 bits per heavy atom. The average Bonchev–Trinajstić information content (AvgIpc) is 2.00. The van der Waals surface area contributed by atoms with E-state index in [1.807, 2.05) is 0 Å². The molecule has 1 atom stereocenters. The van der Waals surface area contributed by atoms with E-state index in [2.05, 4.69) is 11.9 Å². The van der Waals surface area contributed by atoms with E-state index in [-0.39, 0.29) is 0 Å². The normalized spacial score (nSPS) is 14.9. The monoisotopic (exact) mass is 221 g/mol. The zero-order valence-electron chi connectivity index (χ0n) is 8.44. The van der Waals surface area contributed by atoms with E-state index >= 15 is 0 Å². The molecule has 14 heavy (non-hydrogen) atoms. The predicted octanol–water partition coefficient (Wildman–Crippen LogP) is 0.201. The van der Waals surface area contributed by atoms with Crippen molar-refractivity contribution >= 4 is 15.9 Å². The first-order valence-corrected chi connectivity index (χ1v) is 5.48. The van der Waals surface area contributed by atoms with Crippen molar-refractivity contribution in [2.45, 2.75) is 19.2 Å². The molecule has 0 aromatic heterocycles. The highest BCUT2D eigenvalue weighted by Crippen LogP contribution is 2.25. The van der Waals surface area contributed by atoms with Gasteiger partial charge in [-0.2, -0.15) is 8.42 Å². The van der Waals surface area contributed by atoms with Crippen LogP contribution in [0.4, 0.5) is 0 Å². The summed E-state index contributed by atoms with van der Waals surface area (Å²) in [5, 5.41) is 1.06. The Morgan fingerprint density at radius 1 is 1.57 bits per heavy atom. The Labute approximate surface area is 83.9 Å². The van der Waals surface area contributed by atoms with Crippen molar-refractivity contribution in [1.29, 1.82) is 0 Å². The molecule has 0 fully saturated rings. The van der Waals surface area contributed by atoms with Crippen LogP contribution in [-0.2, 0) is 14.9 Å². The standard InChI is InChI=1S/C8H15NO4S/c1-5-6(10)8(2,3)7(9-4)14(11,12)13/h5,7,9H,1H2,2-4H3,(H,11,12,13). The van der Waals surface area contributed by atoms with Crippen molar-refractivity contribution in [3.63, 3.8) is 0 Å². The molecular weight excluding hydrogens is 206 g/mol. The molecule has 0 heterocycles. The molecule has 0 bridgehead atoms. The number of rotatable bonds is 5. The summed E-state index contributed by atoms with van der Waals surface area (Å²) in [6.45, 7) is 6.12. The Morgan fingerprint density at radius 2 is 2.00 bits per heavy atom. The van der Waals surface area contributed by atoms with Gasteiger partial charge in [-0.1, -0.05) is 6.58 Å². The lowest BCUT2D eigenvalue weighted by Crippen LogP contribution is -2.49. The lowest BCUT2D eigenvalue weighted by atomic mass is 9.87. The molecule has 6 heteroatoms. The fraction of sp³-hybridized carbons (Fsp3) is 0.625. The maximum atomic E-state index is 11.3. The highest BCUT2D eigenvalue weighted by atomic mass is 32.2. The van der Waals surface area contributed by atoms with Gasteiger partial charge in [0.2, 0.25) is 0 Å². The van der Waals surface area contributed by atoms with Crippen LogP contribution >= 0.6 is 0 Å². The van der Waals surface area contributed by atoms with E-state index in [4.69, 9.17) is 4.55 Å². The summed E-state index contributed by atoms with van der Waals surface area (Å²) < 4.78 is 30.8. The molecule has 5 nitrogen and oxygen atoms in total. The van der Waals surface area contributed by atoms with Crippen molar-refractivity contribution in [2.24, 2.45) is 5.41 Å². The van der Waals surface area contributed by atoms with Crippen LogP contribution in [0, 0.1) is 5.41 Å². The zero-order chi connectivity index (χ0) is 11.6. The number of hydrogen-bond donors (Lipinski definition) is 2. The van der Waals surface area contributed by atoms with Gasteiger partial charge in [-0.15, -0.1) is 0 Å². The fourth-order valence-corrected chi connectivity index (χ4v) is 2.43. The first-order chi connectivity index (χ1) is 6.17. The second-order valence-corrected chi connectivity index (χ2v) is 4.98. The van der Waals surface area contributed by atoms with Crippen molar-refractivity contribution in [2.75, 3.05) is 7.05 Å². The lowest BCUT2D eigenvalue weighted by Gasteiger charge is -2.28. The van der Waals surface area contributed by atoms with E-state index in [0.717, 1.165) is 6.08 Å². The van der Waals surface area contributed by atoms with Crippen molar-refractivity contribution < 1.29 is 17.8 Å². The van der Waals surface area contributed by atoms with Gasteiger partial charge < -0.3 is 5.32 Å². The van der Waals surface area contributed by atoms with Gasteiger partial charge in [0.05, 0.1) is 5.41 Å². The Kier molecular flexibility index (Phi) is 3.99. The first kappa shape index (κ1) is 13.3. The largest absolute Gasteiger partial charge is 0.301 e. The van der Waals surface area contributed by atoms with E-state index in [0.29, 0.717) is 0 Å². The van der Waals surface area contributed by atoms with Crippen LogP contribution in [-0.4, -0.2) is 31.2 Å². The second kappa shape index (κ2) is 4.20. The fourth-order valence-electron chi connectivity index (χ4n) is 1.27. The number of hydrogen-bond acceptors (Lipinski definition) is 4. The van der Waals surface area contributed by atoms with Gasteiger partial charge in [0.15, 0.2) is 5.78 Å². The van der Waals surface area contributed by atoms with Gasteiger partial charge in [-0.05, 0) is 27.0 Å². The average molecular weight is 221 g/mol. The molecule has 2 N–H and O–H groups in total. The molecule has 0 aromatic carbocycles. The smallest absolute Gasteiger partial charge is 0.282 e. The summed E-state index contributed by atoms with van der Waals surface area (Å²) >= 11 is 0. The van der Waals surface area contributed by atoms with Crippen LogP contribution < -0.4 is 5.32 Å². The van der Waals surface area contributed by atoms with E-state index in [1.165, 1.54) is 20.9 Å². The summed E-state index contributed by atoms with van der Waals surface area (Å²) in [5.41, 5.74) is -1.25. The first-order valence-electron chi connectivity index (χ1n) is 3.98. The van der Waals surface area contributed by atoms with Gasteiger partial charge in [0.1, 0.15) is 5.37 Å². The molecule has 0 spiro atoms. The Hall–Kier alpha value is -0.720. The zero-order valence-corrected chi connectivity index (χ0v) is 9.26. The molecule has 0 rings (SSSR count). The third kappa shape index (κ3) is 2.63. The molecule has 1 unspecified atom stereocenters. The maximum absolute atomic E-state index is 11.3. The molecule has 0 saturated carbocycles. The minimum Gasteiger partial charge on any atom is -0.301 e. The molecule has 0 aliphatic carbocycles. The van der Waals surface area contributed by atoms with Crippen LogP contribution in [0.15, 0.2) is 12.7 Å². The minimum atomic E-state index is -4.31. The SMILES string of the molecule is C=CC(=O)C(C)(C)C(NC)S(=O)(=O)O. The lowest BCUT2D eigenvalue weighted by molar-refractivity contribution is -0.122. The Balaban J connectivity index is 5.24. The maximum Gasteiger partial charge on any atom is 0.282 e. The highest BCUT2D eigenvalue weighted by Gasteiger charge is 2.41. The third-order valence-electron chi connectivity index (χ3n) is 2.04. The van der Waals surface area contributed by atoms with Crippen LogP contribution in [0.1, 0.15) is 13.8 Å². The summed E-state index contributed by atoms with van der Waals surface area (Å²) in [4.78, 5) is 11.3. The number of carbonyl (C=O) groups is 1. The summed E-state index contributed by atoms with van der Waals surface area (Å²) in [7, 11) is -2.95. The van der Waals surface area contributed by atoms with E-state index in [9.17, 15) is 13.2 Å². The van der Waals surface area contributed by atoms with Crippen LogP contribution in [0.3, 0.4) is 0 Å². The summed E-state index contributed by atoms with van der Waals surface area (Å²) in [5.74, 6) is -0.450. The molecule has 0 aliphatic rings. The number of allylic oxidation sites excluding steroid dienone is 1. The summed E-state index contributed by atoms with van der Waals surface area (Å²) in [6, 6.07) is 0. The molecule has 0 aromatic rings. The molecule has 0 radical (unpaired) electrons. The molecule has 0 amide bonds. The van der Waals surface area contributed by atoms with E-state index in [1.54, 1.807) is 0 Å². The van der Waals surface area contributed by atoms with E-state index < -0.39 is 26.7 Å². The number of carbonyl (C=O) groups excluding carboxylic acids is 1. The van der Waals surface area contributed by atoms with Gasteiger partial charge in [-0.3, -0.25) is 9.35 Å². The minimum absolute atomic E-state index is 0.450. The molecule has 0 aliphatic heterocycles.